The second-order valence-corrected chi connectivity index (χ2v) is 7.48. The fraction of sp³-hybridized carbons (Fsp3) is 0.818. The topological polar surface area (TPSA) is 58.7 Å². The van der Waals surface area contributed by atoms with E-state index in [1.54, 1.807) is 4.90 Å². The summed E-state index contributed by atoms with van der Waals surface area (Å²) in [5.74, 6) is 0.896. The molecule has 0 aromatic heterocycles. The van der Waals surface area contributed by atoms with E-state index < -0.39 is 0 Å². The molecule has 1 rings (SSSR count). The SMILES string of the molecule is CCCCCCCC/C=C\CCCCCCCCC1=NCCN1C(N)=O. The summed E-state index contributed by atoms with van der Waals surface area (Å²) in [6.45, 7) is 3.65. The lowest BCUT2D eigenvalue weighted by Gasteiger charge is -2.15. The summed E-state index contributed by atoms with van der Waals surface area (Å²) in [5, 5.41) is 0. The molecule has 0 saturated carbocycles. The zero-order valence-electron chi connectivity index (χ0n) is 17.1. The van der Waals surface area contributed by atoms with Gasteiger partial charge in [0.25, 0.3) is 0 Å². The number of aliphatic imine (C=N–C) groups is 1. The van der Waals surface area contributed by atoms with Crippen LogP contribution in [0.2, 0.25) is 0 Å². The molecule has 2 N–H and O–H groups in total. The van der Waals surface area contributed by atoms with Gasteiger partial charge in [0.2, 0.25) is 0 Å². The van der Waals surface area contributed by atoms with E-state index in [1.807, 2.05) is 0 Å². The predicted octanol–water partition coefficient (Wildman–Crippen LogP) is 6.21. The predicted molar refractivity (Wildman–Crippen MR) is 113 cm³/mol. The number of unbranched alkanes of at least 4 members (excludes halogenated alkanes) is 12. The summed E-state index contributed by atoms with van der Waals surface area (Å²) >= 11 is 0. The van der Waals surface area contributed by atoms with E-state index in [4.69, 9.17) is 5.73 Å². The number of primary amides is 1. The third-order valence-electron chi connectivity index (χ3n) is 5.11. The number of amides is 2. The lowest BCUT2D eigenvalue weighted by Crippen LogP contribution is -2.38. The van der Waals surface area contributed by atoms with E-state index in [9.17, 15) is 4.79 Å². The monoisotopic (exact) mass is 363 g/mol. The Bertz CT molecular complexity index is 418. The second-order valence-electron chi connectivity index (χ2n) is 7.48. The minimum absolute atomic E-state index is 0.356. The minimum atomic E-state index is -0.356. The Kier molecular flexibility index (Phi) is 13.9. The molecular weight excluding hydrogens is 322 g/mol. The van der Waals surface area contributed by atoms with Crippen molar-refractivity contribution in [3.63, 3.8) is 0 Å². The Morgan fingerprint density at radius 3 is 2.04 bits per heavy atom. The smallest absolute Gasteiger partial charge is 0.320 e. The highest BCUT2D eigenvalue weighted by molar-refractivity contribution is 5.98. The van der Waals surface area contributed by atoms with E-state index in [-0.39, 0.29) is 6.03 Å². The van der Waals surface area contributed by atoms with Crippen LogP contribution in [0.15, 0.2) is 17.1 Å². The molecule has 0 bridgehead atoms. The molecule has 1 heterocycles. The number of nitrogens with two attached hydrogens (primary N) is 1. The highest BCUT2D eigenvalue weighted by atomic mass is 16.2. The summed E-state index contributed by atoms with van der Waals surface area (Å²) < 4.78 is 0. The highest BCUT2D eigenvalue weighted by Gasteiger charge is 2.20. The first-order valence-electron chi connectivity index (χ1n) is 11.0. The minimum Gasteiger partial charge on any atom is -0.351 e. The van der Waals surface area contributed by atoms with E-state index in [0.29, 0.717) is 13.1 Å². The molecule has 1 aliphatic heterocycles. The molecule has 0 aromatic rings. The van der Waals surface area contributed by atoms with E-state index in [2.05, 4.69) is 24.1 Å². The molecule has 4 nitrogen and oxygen atoms in total. The maximum Gasteiger partial charge on any atom is 0.320 e. The fourth-order valence-corrected chi connectivity index (χ4v) is 3.48. The summed E-state index contributed by atoms with van der Waals surface area (Å²) in [4.78, 5) is 17.2. The quantitative estimate of drug-likeness (QED) is 0.257. The second kappa shape index (κ2) is 15.9. The van der Waals surface area contributed by atoms with Gasteiger partial charge in [-0.15, -0.1) is 0 Å². The molecule has 150 valence electrons. The lowest BCUT2D eigenvalue weighted by atomic mass is 10.1. The average molecular weight is 364 g/mol. The highest BCUT2D eigenvalue weighted by Crippen LogP contribution is 2.13. The number of carbonyl (C=O) groups excluding carboxylic acids is 1. The van der Waals surface area contributed by atoms with Crippen molar-refractivity contribution in [1.29, 1.82) is 0 Å². The Hall–Kier alpha value is -1.32. The van der Waals surface area contributed by atoms with Gasteiger partial charge < -0.3 is 5.73 Å². The van der Waals surface area contributed by atoms with E-state index in [1.165, 1.54) is 83.5 Å². The van der Waals surface area contributed by atoms with Crippen LogP contribution in [0.3, 0.4) is 0 Å². The zero-order valence-corrected chi connectivity index (χ0v) is 17.1. The standard InChI is InChI=1S/C22H41N3O/c1-2-3-4-5-6-7-8-9-10-11-12-13-14-15-16-17-18-21-24-19-20-25(21)22(23)26/h9-10H,2-8,11-20H2,1H3,(H2,23,26)/b10-9-. The van der Waals surface area contributed by atoms with Crippen LogP contribution in [-0.4, -0.2) is 29.9 Å². The Morgan fingerprint density at radius 2 is 1.46 bits per heavy atom. The molecule has 0 spiro atoms. The van der Waals surface area contributed by atoms with Crippen LogP contribution in [-0.2, 0) is 0 Å². The number of hydrogen-bond acceptors (Lipinski definition) is 2. The van der Waals surface area contributed by atoms with Gasteiger partial charge in [-0.05, 0) is 32.1 Å². The Balaban J connectivity index is 1.82. The molecule has 4 heteroatoms. The van der Waals surface area contributed by atoms with Crippen molar-refractivity contribution in [3.8, 4) is 0 Å². The van der Waals surface area contributed by atoms with Gasteiger partial charge in [-0.1, -0.05) is 76.9 Å². The van der Waals surface area contributed by atoms with Crippen molar-refractivity contribution in [2.45, 2.75) is 103 Å². The molecule has 0 aromatic carbocycles. The number of urea groups is 1. The molecule has 2 amide bonds. The van der Waals surface area contributed by atoms with Gasteiger partial charge in [0.15, 0.2) is 0 Å². The van der Waals surface area contributed by atoms with Gasteiger partial charge in [-0.3, -0.25) is 9.89 Å². The molecular formula is C22H41N3O. The normalized spacial score (nSPS) is 14.3. The number of nitrogens with zero attached hydrogens (tertiary/aromatic N) is 2. The first kappa shape index (κ1) is 22.7. The van der Waals surface area contributed by atoms with Gasteiger partial charge in [0.1, 0.15) is 5.84 Å². The van der Waals surface area contributed by atoms with Crippen LogP contribution in [0.4, 0.5) is 4.79 Å². The van der Waals surface area contributed by atoms with Gasteiger partial charge in [0.05, 0.1) is 6.54 Å². The first-order valence-corrected chi connectivity index (χ1v) is 11.0. The zero-order chi connectivity index (χ0) is 18.9. The summed E-state index contributed by atoms with van der Waals surface area (Å²) in [5.41, 5.74) is 5.35. The van der Waals surface area contributed by atoms with Gasteiger partial charge >= 0.3 is 6.03 Å². The van der Waals surface area contributed by atoms with Gasteiger partial charge in [0, 0.05) is 13.0 Å². The van der Waals surface area contributed by atoms with Crippen LogP contribution in [0.5, 0.6) is 0 Å². The van der Waals surface area contributed by atoms with Crippen molar-refractivity contribution < 1.29 is 4.79 Å². The third kappa shape index (κ3) is 11.3. The van der Waals surface area contributed by atoms with Crippen LogP contribution >= 0.6 is 0 Å². The Morgan fingerprint density at radius 1 is 0.923 bits per heavy atom. The van der Waals surface area contributed by atoms with Gasteiger partial charge in [-0.25, -0.2) is 4.79 Å². The lowest BCUT2D eigenvalue weighted by molar-refractivity contribution is 0.232. The number of allylic oxidation sites excluding steroid dienone is 2. The van der Waals surface area contributed by atoms with Crippen LogP contribution in [0.25, 0.3) is 0 Å². The van der Waals surface area contributed by atoms with Crippen LogP contribution < -0.4 is 5.73 Å². The molecule has 0 fully saturated rings. The van der Waals surface area contributed by atoms with E-state index in [0.717, 1.165) is 18.7 Å². The van der Waals surface area contributed by atoms with Gasteiger partial charge in [-0.2, -0.15) is 0 Å². The average Bonchev–Trinajstić information content (AvgIpc) is 3.10. The molecule has 0 unspecified atom stereocenters. The van der Waals surface area contributed by atoms with Crippen molar-refractivity contribution in [1.82, 2.24) is 4.90 Å². The maximum atomic E-state index is 11.2. The van der Waals surface area contributed by atoms with Crippen LogP contribution in [0, 0.1) is 0 Å². The summed E-state index contributed by atoms with van der Waals surface area (Å²) in [6, 6.07) is -0.356. The molecule has 0 atom stereocenters. The van der Waals surface area contributed by atoms with Crippen molar-refractivity contribution >= 4 is 11.9 Å². The molecule has 0 saturated heterocycles. The summed E-state index contributed by atoms with van der Waals surface area (Å²) in [7, 11) is 0. The van der Waals surface area contributed by atoms with E-state index >= 15 is 0 Å². The molecule has 0 radical (unpaired) electrons. The third-order valence-corrected chi connectivity index (χ3v) is 5.11. The largest absolute Gasteiger partial charge is 0.351 e. The number of amidine groups is 1. The molecule has 1 aliphatic rings. The van der Waals surface area contributed by atoms with Crippen LogP contribution in [0.1, 0.15) is 103 Å². The van der Waals surface area contributed by atoms with Crippen molar-refractivity contribution in [3.05, 3.63) is 12.2 Å². The summed E-state index contributed by atoms with van der Waals surface area (Å²) in [6.07, 6.45) is 24.0. The number of hydrogen-bond donors (Lipinski definition) is 1. The molecule has 0 aliphatic carbocycles. The fourth-order valence-electron chi connectivity index (χ4n) is 3.48. The number of rotatable bonds is 16. The maximum absolute atomic E-state index is 11.2. The number of carbonyl (C=O) groups is 1. The molecule has 26 heavy (non-hydrogen) atoms. The van der Waals surface area contributed by atoms with Crippen molar-refractivity contribution in [2.75, 3.05) is 13.1 Å². The first-order chi connectivity index (χ1) is 12.8. The Labute approximate surface area is 161 Å². The van der Waals surface area contributed by atoms with Crippen molar-refractivity contribution in [2.24, 2.45) is 10.7 Å².